The number of nitrogens with zero attached hydrogens (tertiary/aromatic N) is 2. The number of ether oxygens (including phenoxy) is 1. The molecule has 0 bridgehead atoms. The van der Waals surface area contributed by atoms with E-state index >= 15 is 0 Å². The van der Waals surface area contributed by atoms with E-state index in [1.54, 1.807) is 6.92 Å². The van der Waals surface area contributed by atoms with Gasteiger partial charge in [0.1, 0.15) is 0 Å². The summed E-state index contributed by atoms with van der Waals surface area (Å²) in [6, 6.07) is 0. The molecule has 0 atom stereocenters. The van der Waals surface area contributed by atoms with Crippen molar-refractivity contribution in [2.24, 2.45) is 0 Å². The van der Waals surface area contributed by atoms with Gasteiger partial charge < -0.3 is 10.5 Å². The average Bonchev–Trinajstić information content (AvgIpc) is 2.10. The molecule has 1 aromatic heterocycles. The molecule has 5 nitrogen and oxygen atoms in total. The third kappa shape index (κ3) is 1.86. The molecule has 6 heteroatoms. The first-order valence-corrected chi connectivity index (χ1v) is 3.82. The molecule has 70 valence electrons. The Labute approximate surface area is 79.9 Å². The highest BCUT2D eigenvalue weighted by molar-refractivity contribution is 6.30. The number of halogens is 1. The Morgan fingerprint density at radius 2 is 2.15 bits per heavy atom. The Morgan fingerprint density at radius 3 is 2.69 bits per heavy atom. The summed E-state index contributed by atoms with van der Waals surface area (Å²) in [6.45, 7) is 1.65. The van der Waals surface area contributed by atoms with Crippen LogP contribution in [0.3, 0.4) is 0 Å². The van der Waals surface area contributed by atoms with Crippen molar-refractivity contribution in [3.05, 3.63) is 16.5 Å². The number of aromatic nitrogens is 2. The zero-order chi connectivity index (χ0) is 10.0. The summed E-state index contributed by atoms with van der Waals surface area (Å²) in [5, 5.41) is 0.148. The third-order valence-electron chi connectivity index (χ3n) is 1.42. The fraction of sp³-hybridized carbons (Fsp3) is 0.286. The Hall–Kier alpha value is -1.36. The first kappa shape index (κ1) is 9.73. The maximum absolute atomic E-state index is 11.0. The van der Waals surface area contributed by atoms with Gasteiger partial charge in [-0.1, -0.05) is 11.6 Å². The van der Waals surface area contributed by atoms with Crippen molar-refractivity contribution in [2.75, 3.05) is 12.8 Å². The van der Waals surface area contributed by atoms with Gasteiger partial charge in [0.2, 0.25) is 0 Å². The number of anilines is 1. The quantitative estimate of drug-likeness (QED) is 0.681. The summed E-state index contributed by atoms with van der Waals surface area (Å²) in [4.78, 5) is 18.6. The molecule has 0 radical (unpaired) electrons. The van der Waals surface area contributed by atoms with Crippen LogP contribution in [0.25, 0.3) is 0 Å². The van der Waals surface area contributed by atoms with Crippen molar-refractivity contribution in [2.45, 2.75) is 6.92 Å². The van der Waals surface area contributed by atoms with E-state index in [-0.39, 0.29) is 16.7 Å². The minimum absolute atomic E-state index is 0.0220. The Kier molecular flexibility index (Phi) is 2.67. The Morgan fingerprint density at radius 1 is 1.54 bits per heavy atom. The van der Waals surface area contributed by atoms with E-state index in [1.807, 2.05) is 0 Å². The molecule has 0 unspecified atom stereocenters. The molecule has 0 amide bonds. The molecule has 0 aliphatic carbocycles. The van der Waals surface area contributed by atoms with Crippen LogP contribution in [0.5, 0.6) is 0 Å². The number of nitrogen functional groups attached to an aromatic ring is 1. The second kappa shape index (κ2) is 3.57. The molecular formula is C7H8ClN3O2. The van der Waals surface area contributed by atoms with Gasteiger partial charge in [0.15, 0.2) is 16.7 Å². The summed E-state index contributed by atoms with van der Waals surface area (Å²) in [7, 11) is 1.23. The number of rotatable bonds is 1. The SMILES string of the molecule is COC(=O)c1nc(Cl)c(C)nc1N. The number of nitrogens with two attached hydrogens (primary N) is 1. The normalized spacial score (nSPS) is 9.77. The number of carbonyl (C=O) groups is 1. The lowest BCUT2D eigenvalue weighted by Crippen LogP contribution is -2.11. The molecular weight excluding hydrogens is 194 g/mol. The standard InChI is InChI=1S/C7H8ClN3O2/c1-3-5(8)11-4(6(9)10-3)7(12)13-2/h1-2H3,(H2,9,10). The smallest absolute Gasteiger partial charge is 0.360 e. The third-order valence-corrected chi connectivity index (χ3v) is 1.78. The maximum atomic E-state index is 11.0. The van der Waals surface area contributed by atoms with Gasteiger partial charge in [-0.2, -0.15) is 0 Å². The van der Waals surface area contributed by atoms with Crippen LogP contribution in [0.4, 0.5) is 5.82 Å². The van der Waals surface area contributed by atoms with Crippen molar-refractivity contribution in [1.82, 2.24) is 9.97 Å². The fourth-order valence-electron chi connectivity index (χ4n) is 0.763. The van der Waals surface area contributed by atoms with Gasteiger partial charge in [0, 0.05) is 0 Å². The lowest BCUT2D eigenvalue weighted by atomic mass is 10.4. The number of hydrogen-bond acceptors (Lipinski definition) is 5. The van der Waals surface area contributed by atoms with Crippen molar-refractivity contribution in [3.8, 4) is 0 Å². The molecule has 0 aromatic carbocycles. The van der Waals surface area contributed by atoms with Crippen LogP contribution in [0.15, 0.2) is 0 Å². The predicted molar refractivity (Wildman–Crippen MR) is 47.5 cm³/mol. The van der Waals surface area contributed by atoms with E-state index in [9.17, 15) is 4.79 Å². The fourth-order valence-corrected chi connectivity index (χ4v) is 0.890. The average molecular weight is 202 g/mol. The highest BCUT2D eigenvalue weighted by atomic mass is 35.5. The molecule has 13 heavy (non-hydrogen) atoms. The first-order valence-electron chi connectivity index (χ1n) is 3.44. The molecule has 1 aromatic rings. The highest BCUT2D eigenvalue weighted by Crippen LogP contribution is 2.15. The van der Waals surface area contributed by atoms with Gasteiger partial charge >= 0.3 is 5.97 Å². The van der Waals surface area contributed by atoms with E-state index < -0.39 is 5.97 Å². The van der Waals surface area contributed by atoms with E-state index in [0.29, 0.717) is 5.69 Å². The summed E-state index contributed by atoms with van der Waals surface area (Å²) in [6.07, 6.45) is 0. The van der Waals surface area contributed by atoms with E-state index in [0.717, 1.165) is 0 Å². The predicted octanol–water partition coefficient (Wildman–Crippen LogP) is 0.807. The van der Waals surface area contributed by atoms with Crippen LogP contribution >= 0.6 is 11.6 Å². The van der Waals surface area contributed by atoms with Gasteiger partial charge in [-0.15, -0.1) is 0 Å². The number of hydrogen-bond donors (Lipinski definition) is 1. The monoisotopic (exact) mass is 201 g/mol. The second-order valence-corrected chi connectivity index (χ2v) is 2.68. The van der Waals surface area contributed by atoms with Crippen LogP contribution in [0, 0.1) is 6.92 Å². The zero-order valence-electron chi connectivity index (χ0n) is 7.17. The summed E-state index contributed by atoms with van der Waals surface area (Å²) < 4.78 is 4.43. The van der Waals surface area contributed by atoms with Crippen molar-refractivity contribution in [1.29, 1.82) is 0 Å². The van der Waals surface area contributed by atoms with Gasteiger partial charge in [0.25, 0.3) is 0 Å². The van der Waals surface area contributed by atoms with Crippen LogP contribution in [-0.4, -0.2) is 23.0 Å². The van der Waals surface area contributed by atoms with E-state index in [2.05, 4.69) is 14.7 Å². The van der Waals surface area contributed by atoms with Gasteiger partial charge in [-0.25, -0.2) is 14.8 Å². The van der Waals surface area contributed by atoms with Crippen molar-refractivity contribution < 1.29 is 9.53 Å². The molecule has 0 aliphatic rings. The minimum Gasteiger partial charge on any atom is -0.464 e. The summed E-state index contributed by atoms with van der Waals surface area (Å²) in [5.41, 5.74) is 5.85. The minimum atomic E-state index is -0.646. The van der Waals surface area contributed by atoms with Crippen LogP contribution in [0.1, 0.15) is 16.2 Å². The lowest BCUT2D eigenvalue weighted by Gasteiger charge is -2.03. The molecule has 1 rings (SSSR count). The highest BCUT2D eigenvalue weighted by Gasteiger charge is 2.15. The van der Waals surface area contributed by atoms with E-state index in [4.69, 9.17) is 17.3 Å². The molecule has 0 saturated heterocycles. The Balaban J connectivity index is 3.23. The number of esters is 1. The summed E-state index contributed by atoms with van der Waals surface area (Å²) >= 11 is 5.65. The van der Waals surface area contributed by atoms with Crippen molar-refractivity contribution in [3.63, 3.8) is 0 Å². The van der Waals surface area contributed by atoms with Crippen LogP contribution in [0.2, 0.25) is 5.15 Å². The molecule has 2 N–H and O–H groups in total. The van der Waals surface area contributed by atoms with Gasteiger partial charge in [-0.3, -0.25) is 0 Å². The number of carbonyl (C=O) groups excluding carboxylic acids is 1. The molecule has 0 aliphatic heterocycles. The maximum Gasteiger partial charge on any atom is 0.360 e. The topological polar surface area (TPSA) is 78.1 Å². The number of methoxy groups -OCH3 is 1. The Bertz CT molecular complexity index is 354. The van der Waals surface area contributed by atoms with Crippen LogP contribution < -0.4 is 5.73 Å². The first-order chi connectivity index (χ1) is 6.06. The molecule has 0 fully saturated rings. The lowest BCUT2D eigenvalue weighted by molar-refractivity contribution is 0.0595. The molecule has 1 heterocycles. The van der Waals surface area contributed by atoms with Crippen LogP contribution in [-0.2, 0) is 4.74 Å². The zero-order valence-corrected chi connectivity index (χ0v) is 7.92. The summed E-state index contributed by atoms with van der Waals surface area (Å²) in [5.74, 6) is -0.624. The van der Waals surface area contributed by atoms with Gasteiger partial charge in [0.05, 0.1) is 12.8 Å². The molecule has 0 spiro atoms. The largest absolute Gasteiger partial charge is 0.464 e. The van der Waals surface area contributed by atoms with Gasteiger partial charge in [-0.05, 0) is 6.92 Å². The number of aryl methyl sites for hydroxylation is 1. The second-order valence-electron chi connectivity index (χ2n) is 2.33. The van der Waals surface area contributed by atoms with Crippen molar-refractivity contribution >= 4 is 23.4 Å². The van der Waals surface area contributed by atoms with E-state index in [1.165, 1.54) is 7.11 Å². The molecule has 0 saturated carbocycles.